The van der Waals surface area contributed by atoms with Crippen molar-refractivity contribution in [2.45, 2.75) is 68.3 Å². The number of aryl methyl sites for hydroxylation is 2. The highest BCUT2D eigenvalue weighted by Gasteiger charge is 2.31. The zero-order valence-corrected chi connectivity index (χ0v) is 16.6. The Hall–Kier alpha value is -1.44. The van der Waals surface area contributed by atoms with Gasteiger partial charge in [-0.1, -0.05) is 6.07 Å². The number of likely N-dealkylation sites (tertiary alicyclic amines) is 1. The number of carbonyl (C=O) groups excluding carboxylic acids is 1. The first kappa shape index (κ1) is 18.9. The summed E-state index contributed by atoms with van der Waals surface area (Å²) in [7, 11) is -3.57. The van der Waals surface area contributed by atoms with E-state index in [1.165, 1.54) is 18.4 Å². The van der Waals surface area contributed by atoms with Crippen LogP contribution in [-0.4, -0.2) is 50.9 Å². The lowest BCUT2D eigenvalue weighted by atomic mass is 9.92. The fourth-order valence-electron chi connectivity index (χ4n) is 4.58. The molecule has 1 amide bonds. The fraction of sp³-hybridized carbons (Fsp3) is 0.650. The molecule has 2 fully saturated rings. The molecule has 148 valence electrons. The molecule has 0 aromatic heterocycles. The molecule has 0 spiro atoms. The van der Waals surface area contributed by atoms with Crippen LogP contribution in [-0.2, 0) is 27.7 Å². The van der Waals surface area contributed by atoms with E-state index in [1.807, 2.05) is 11.0 Å². The van der Waals surface area contributed by atoms with Crippen molar-refractivity contribution in [2.24, 2.45) is 0 Å². The maximum absolute atomic E-state index is 12.6. The number of fused-ring (bicyclic) bond motifs is 3. The minimum Gasteiger partial charge on any atom is -0.341 e. The van der Waals surface area contributed by atoms with E-state index in [2.05, 4.69) is 10.0 Å². The fourth-order valence-corrected chi connectivity index (χ4v) is 5.66. The minimum absolute atomic E-state index is 0.0393. The van der Waals surface area contributed by atoms with Crippen LogP contribution in [0.3, 0.4) is 0 Å². The van der Waals surface area contributed by atoms with Gasteiger partial charge in [0.15, 0.2) is 0 Å². The molecule has 1 aromatic rings. The zero-order chi connectivity index (χ0) is 18.9. The minimum atomic E-state index is -3.57. The van der Waals surface area contributed by atoms with E-state index in [1.54, 1.807) is 12.1 Å². The van der Waals surface area contributed by atoms with Gasteiger partial charge in [-0.05, 0) is 68.2 Å². The Morgan fingerprint density at radius 1 is 1.11 bits per heavy atom. The molecule has 4 rings (SSSR count). The van der Waals surface area contributed by atoms with Crippen molar-refractivity contribution in [2.75, 3.05) is 19.6 Å². The molecule has 2 heterocycles. The highest BCUT2D eigenvalue weighted by Crippen LogP contribution is 2.24. The Bertz CT molecular complexity index is 809. The number of carbonyl (C=O) groups is 1. The first-order chi connectivity index (χ1) is 13.0. The molecule has 3 aliphatic rings. The second kappa shape index (κ2) is 7.89. The average molecular weight is 392 g/mol. The number of amides is 1. The standard InChI is InChI=1S/C20H29N3O3S/c24-20(23-12-10-17-6-7-18(14-23)22-17)9-11-21-27(25,26)19-8-5-15-3-1-2-4-16(15)13-19/h5,8,13,17-18,21-22H,1-4,6-7,9-12,14H2. The van der Waals surface area contributed by atoms with Crippen molar-refractivity contribution in [3.8, 4) is 0 Å². The molecule has 7 heteroatoms. The third-order valence-electron chi connectivity index (χ3n) is 6.14. The van der Waals surface area contributed by atoms with E-state index in [0.29, 0.717) is 17.0 Å². The van der Waals surface area contributed by atoms with Gasteiger partial charge < -0.3 is 10.2 Å². The lowest BCUT2D eigenvalue weighted by Crippen LogP contribution is -2.40. The summed E-state index contributed by atoms with van der Waals surface area (Å²) in [6.45, 7) is 1.66. The van der Waals surface area contributed by atoms with Crippen LogP contribution >= 0.6 is 0 Å². The predicted octanol–water partition coefficient (Wildman–Crippen LogP) is 1.59. The number of sulfonamides is 1. The summed E-state index contributed by atoms with van der Waals surface area (Å²) in [6, 6.07) is 6.36. The van der Waals surface area contributed by atoms with Gasteiger partial charge >= 0.3 is 0 Å². The molecule has 6 nitrogen and oxygen atoms in total. The summed E-state index contributed by atoms with van der Waals surface area (Å²) in [5, 5.41) is 3.56. The van der Waals surface area contributed by atoms with Crippen LogP contribution in [0.25, 0.3) is 0 Å². The summed E-state index contributed by atoms with van der Waals surface area (Å²) >= 11 is 0. The Labute approximate surface area is 161 Å². The SMILES string of the molecule is O=C(CCNS(=O)(=O)c1ccc2c(c1)CCCC2)N1CCC2CCC(C1)N2. The van der Waals surface area contributed by atoms with Crippen molar-refractivity contribution >= 4 is 15.9 Å². The van der Waals surface area contributed by atoms with Crippen LogP contribution in [0.1, 0.15) is 49.7 Å². The van der Waals surface area contributed by atoms with Crippen LogP contribution in [0.15, 0.2) is 23.1 Å². The molecule has 0 saturated carbocycles. The lowest BCUT2D eigenvalue weighted by molar-refractivity contribution is -0.131. The van der Waals surface area contributed by atoms with E-state index in [9.17, 15) is 13.2 Å². The highest BCUT2D eigenvalue weighted by molar-refractivity contribution is 7.89. The summed E-state index contributed by atoms with van der Waals surface area (Å²) in [4.78, 5) is 14.7. The molecule has 2 N–H and O–H groups in total. The molecular formula is C20H29N3O3S. The predicted molar refractivity (Wildman–Crippen MR) is 104 cm³/mol. The van der Waals surface area contributed by atoms with Gasteiger partial charge in [-0.2, -0.15) is 0 Å². The number of nitrogens with one attached hydrogen (secondary N) is 2. The van der Waals surface area contributed by atoms with E-state index in [0.717, 1.165) is 50.8 Å². The first-order valence-electron chi connectivity index (χ1n) is 10.2. The second-order valence-electron chi connectivity index (χ2n) is 8.05. The molecule has 1 aromatic carbocycles. The molecule has 2 bridgehead atoms. The maximum atomic E-state index is 12.6. The van der Waals surface area contributed by atoms with Crippen LogP contribution < -0.4 is 10.0 Å². The Morgan fingerprint density at radius 2 is 1.89 bits per heavy atom. The van der Waals surface area contributed by atoms with Crippen molar-refractivity contribution in [3.63, 3.8) is 0 Å². The quantitative estimate of drug-likeness (QED) is 0.799. The number of nitrogens with zero attached hydrogens (tertiary/aromatic N) is 1. The summed E-state index contributed by atoms with van der Waals surface area (Å²) in [5.74, 6) is 0.0393. The van der Waals surface area contributed by atoms with Gasteiger partial charge in [-0.25, -0.2) is 13.1 Å². The average Bonchev–Trinajstić information content (AvgIpc) is 2.99. The normalized spacial score (nSPS) is 25.1. The largest absolute Gasteiger partial charge is 0.341 e. The van der Waals surface area contributed by atoms with Gasteiger partial charge in [0.2, 0.25) is 15.9 Å². The van der Waals surface area contributed by atoms with E-state index in [-0.39, 0.29) is 18.9 Å². The van der Waals surface area contributed by atoms with E-state index >= 15 is 0 Å². The Balaban J connectivity index is 1.32. The number of hydrogen-bond acceptors (Lipinski definition) is 4. The third-order valence-corrected chi connectivity index (χ3v) is 7.60. The topological polar surface area (TPSA) is 78.5 Å². The molecule has 2 atom stereocenters. The number of hydrogen-bond donors (Lipinski definition) is 2. The summed E-state index contributed by atoms with van der Waals surface area (Å²) in [5.41, 5.74) is 2.41. The molecule has 2 aliphatic heterocycles. The van der Waals surface area contributed by atoms with Crippen LogP contribution in [0.4, 0.5) is 0 Å². The van der Waals surface area contributed by atoms with Crippen LogP contribution in [0, 0.1) is 0 Å². The van der Waals surface area contributed by atoms with E-state index in [4.69, 9.17) is 0 Å². The third kappa shape index (κ3) is 4.36. The van der Waals surface area contributed by atoms with Gasteiger partial charge in [0, 0.05) is 38.1 Å². The first-order valence-corrected chi connectivity index (χ1v) is 11.6. The van der Waals surface area contributed by atoms with Gasteiger partial charge in [-0.3, -0.25) is 4.79 Å². The van der Waals surface area contributed by atoms with Crippen molar-refractivity contribution < 1.29 is 13.2 Å². The monoisotopic (exact) mass is 391 g/mol. The molecule has 27 heavy (non-hydrogen) atoms. The smallest absolute Gasteiger partial charge is 0.240 e. The number of rotatable bonds is 5. The maximum Gasteiger partial charge on any atom is 0.240 e. The van der Waals surface area contributed by atoms with Gasteiger partial charge in [0.25, 0.3) is 0 Å². The summed E-state index contributed by atoms with van der Waals surface area (Å²) in [6.07, 6.45) is 7.79. The lowest BCUT2D eigenvalue weighted by Gasteiger charge is -2.24. The molecule has 2 unspecified atom stereocenters. The van der Waals surface area contributed by atoms with Crippen molar-refractivity contribution in [3.05, 3.63) is 29.3 Å². The zero-order valence-electron chi connectivity index (χ0n) is 15.7. The van der Waals surface area contributed by atoms with Crippen molar-refractivity contribution in [1.82, 2.24) is 14.9 Å². The van der Waals surface area contributed by atoms with Gasteiger partial charge in [0.05, 0.1) is 4.90 Å². The van der Waals surface area contributed by atoms with Crippen molar-refractivity contribution in [1.29, 1.82) is 0 Å². The highest BCUT2D eigenvalue weighted by atomic mass is 32.2. The second-order valence-corrected chi connectivity index (χ2v) is 9.82. The molecule has 0 radical (unpaired) electrons. The van der Waals surface area contributed by atoms with E-state index < -0.39 is 10.0 Å². The Morgan fingerprint density at radius 3 is 2.74 bits per heavy atom. The molecule has 2 saturated heterocycles. The van der Waals surface area contributed by atoms with Gasteiger partial charge in [-0.15, -0.1) is 0 Å². The Kier molecular flexibility index (Phi) is 5.53. The number of benzene rings is 1. The van der Waals surface area contributed by atoms with Crippen LogP contribution in [0.5, 0.6) is 0 Å². The molecular weight excluding hydrogens is 362 g/mol. The molecule has 1 aliphatic carbocycles. The van der Waals surface area contributed by atoms with Crippen LogP contribution in [0.2, 0.25) is 0 Å². The van der Waals surface area contributed by atoms with Gasteiger partial charge in [0.1, 0.15) is 0 Å². The summed E-state index contributed by atoms with van der Waals surface area (Å²) < 4.78 is 27.8.